The van der Waals surface area contributed by atoms with Crippen LogP contribution in [0.2, 0.25) is 0 Å². The van der Waals surface area contributed by atoms with Gasteiger partial charge in [0.15, 0.2) is 24.6 Å². The summed E-state index contributed by atoms with van der Waals surface area (Å²) in [5.41, 5.74) is 3.85. The molecule has 3 aromatic rings. The summed E-state index contributed by atoms with van der Waals surface area (Å²) in [5, 5.41) is 9.72. The molecule has 1 fully saturated rings. The summed E-state index contributed by atoms with van der Waals surface area (Å²) >= 11 is 0. The number of methoxy groups -OCH3 is 1. The van der Waals surface area contributed by atoms with Gasteiger partial charge in [0.1, 0.15) is 11.8 Å². The van der Waals surface area contributed by atoms with E-state index in [9.17, 15) is 19.2 Å². The van der Waals surface area contributed by atoms with Gasteiger partial charge < -0.3 is 37.9 Å². The summed E-state index contributed by atoms with van der Waals surface area (Å²) in [4.78, 5) is 50.1. The summed E-state index contributed by atoms with van der Waals surface area (Å²) in [6.07, 6.45) is -3.47. The minimum atomic E-state index is -1.20. The Morgan fingerprint density at radius 3 is 2.36 bits per heavy atom. The number of esters is 3. The first-order valence-corrected chi connectivity index (χ1v) is 14.7. The van der Waals surface area contributed by atoms with E-state index in [-0.39, 0.29) is 12.6 Å². The first kappa shape index (κ1) is 31.9. The average Bonchev–Trinajstić information content (AvgIpc) is 3.57. The first-order valence-electron chi connectivity index (χ1n) is 14.7. The monoisotopic (exact) mass is 627 g/mol. The highest BCUT2D eigenvalue weighted by atomic mass is 16.7. The van der Waals surface area contributed by atoms with Gasteiger partial charge in [-0.3, -0.25) is 14.4 Å². The maximum Gasteiger partial charge on any atom is 0.410 e. The summed E-state index contributed by atoms with van der Waals surface area (Å²) in [7, 11) is 1.36. The Morgan fingerprint density at radius 2 is 1.67 bits per heavy atom. The summed E-state index contributed by atoms with van der Waals surface area (Å²) in [5.74, 6) is -1.97. The molecule has 1 amide bonds. The molecule has 2 aliphatic rings. The normalized spacial score (nSPS) is 22.9. The number of carbonyl (C=O) groups is 4. The van der Waals surface area contributed by atoms with E-state index < -0.39 is 48.6 Å². The Kier molecular flexibility index (Phi) is 9.68. The van der Waals surface area contributed by atoms with E-state index in [0.29, 0.717) is 38.4 Å². The van der Waals surface area contributed by atoms with Crippen molar-refractivity contribution < 1.29 is 47.6 Å². The number of benzene rings is 1. The lowest BCUT2D eigenvalue weighted by Gasteiger charge is -2.43. The SMILES string of the molecule is CCOC(=O)N1CCc2c(c3ccccc3n2Cc2cn(C[C@H]3O[C@H](OC)[C@H](OC(C)=O)[C@@H](OC(C)=O)[C@@H]3OC(C)=O)nn2)C1. The van der Waals surface area contributed by atoms with Crippen molar-refractivity contribution in [3.63, 3.8) is 0 Å². The molecule has 0 N–H and O–H groups in total. The molecule has 0 bridgehead atoms. The Balaban J connectivity index is 1.40. The van der Waals surface area contributed by atoms with Gasteiger partial charge in [-0.05, 0) is 13.0 Å². The fourth-order valence-corrected chi connectivity index (χ4v) is 5.99. The van der Waals surface area contributed by atoms with Crippen molar-refractivity contribution >= 4 is 34.9 Å². The van der Waals surface area contributed by atoms with Crippen LogP contribution in [0.4, 0.5) is 4.79 Å². The zero-order chi connectivity index (χ0) is 32.2. The van der Waals surface area contributed by atoms with Crippen LogP contribution in [0, 0.1) is 0 Å². The Bertz CT molecular complexity index is 1570. The second-order valence-corrected chi connectivity index (χ2v) is 10.8. The van der Waals surface area contributed by atoms with Crippen LogP contribution >= 0.6 is 0 Å². The molecule has 0 spiro atoms. The van der Waals surface area contributed by atoms with E-state index in [1.807, 2.05) is 24.3 Å². The topological polar surface area (TPSA) is 163 Å². The minimum Gasteiger partial charge on any atom is -0.456 e. The lowest BCUT2D eigenvalue weighted by Crippen LogP contribution is -2.62. The van der Waals surface area contributed by atoms with E-state index in [1.165, 1.54) is 27.9 Å². The van der Waals surface area contributed by atoms with Gasteiger partial charge in [0.05, 0.1) is 32.4 Å². The number of aromatic nitrogens is 4. The molecule has 0 radical (unpaired) electrons. The molecule has 5 atom stereocenters. The van der Waals surface area contributed by atoms with Gasteiger partial charge in [-0.2, -0.15) is 0 Å². The number of rotatable bonds is 9. The van der Waals surface area contributed by atoms with Gasteiger partial charge in [0.2, 0.25) is 0 Å². The highest BCUT2D eigenvalue weighted by Crippen LogP contribution is 2.33. The van der Waals surface area contributed by atoms with Gasteiger partial charge in [-0.1, -0.05) is 23.4 Å². The molecule has 0 saturated carbocycles. The number of fused-ring (bicyclic) bond motifs is 3. The maximum absolute atomic E-state index is 12.5. The lowest BCUT2D eigenvalue weighted by atomic mass is 9.97. The number of nitrogens with zero attached hydrogens (tertiary/aromatic N) is 5. The van der Waals surface area contributed by atoms with Gasteiger partial charge in [0.25, 0.3) is 0 Å². The van der Waals surface area contributed by atoms with Crippen molar-refractivity contribution in [3.8, 4) is 0 Å². The smallest absolute Gasteiger partial charge is 0.410 e. The molecule has 15 heteroatoms. The first-order chi connectivity index (χ1) is 21.6. The number of hydrogen-bond donors (Lipinski definition) is 0. The van der Waals surface area contributed by atoms with E-state index >= 15 is 0 Å². The predicted molar refractivity (Wildman–Crippen MR) is 155 cm³/mol. The molecule has 5 rings (SSSR count). The number of amides is 1. The van der Waals surface area contributed by atoms with E-state index in [1.54, 1.807) is 22.7 Å². The van der Waals surface area contributed by atoms with Gasteiger partial charge >= 0.3 is 24.0 Å². The zero-order valence-corrected chi connectivity index (χ0v) is 25.8. The fraction of sp³-hybridized carbons (Fsp3) is 0.533. The molecular weight excluding hydrogens is 590 g/mol. The molecule has 0 unspecified atom stereocenters. The third-order valence-electron chi connectivity index (χ3n) is 7.69. The standard InChI is InChI=1S/C30H37N5O10/c1-6-41-30(39)33-12-11-24-22(15-33)21-9-7-8-10-23(21)35(24)14-20-13-34(32-31-20)16-25-26(42-17(2)36)27(43-18(3)37)28(44-19(4)38)29(40-5)45-25/h7-10,13,25-29H,6,11-12,14-16H2,1-5H3/t25-,26-,27+,28-,29+/m1/s1. The molecule has 2 aromatic heterocycles. The third-order valence-corrected chi connectivity index (χ3v) is 7.69. The van der Waals surface area contributed by atoms with E-state index in [2.05, 4.69) is 14.9 Å². The summed E-state index contributed by atoms with van der Waals surface area (Å²) in [6, 6.07) is 8.01. The van der Waals surface area contributed by atoms with Crippen LogP contribution in [0.25, 0.3) is 10.9 Å². The van der Waals surface area contributed by atoms with Gasteiger partial charge in [-0.25, -0.2) is 9.48 Å². The minimum absolute atomic E-state index is 0.0500. The molecule has 45 heavy (non-hydrogen) atoms. The fourth-order valence-electron chi connectivity index (χ4n) is 5.99. The van der Waals surface area contributed by atoms with Crippen molar-refractivity contribution in [3.05, 3.63) is 47.4 Å². The highest BCUT2D eigenvalue weighted by Gasteiger charge is 2.52. The Labute approximate surface area is 259 Å². The Morgan fingerprint density at radius 1 is 0.978 bits per heavy atom. The third kappa shape index (κ3) is 6.93. The van der Waals surface area contributed by atoms with Gasteiger partial charge in [0, 0.05) is 63.0 Å². The maximum atomic E-state index is 12.5. The van der Waals surface area contributed by atoms with Crippen LogP contribution in [0.1, 0.15) is 44.6 Å². The largest absolute Gasteiger partial charge is 0.456 e. The van der Waals surface area contributed by atoms with Crippen molar-refractivity contribution in [2.24, 2.45) is 0 Å². The number of carbonyl (C=O) groups excluding carboxylic acids is 4. The van der Waals surface area contributed by atoms with Crippen LogP contribution in [0.15, 0.2) is 30.5 Å². The quantitative estimate of drug-likeness (QED) is 0.251. The Hall–Kier alpha value is -4.50. The highest BCUT2D eigenvalue weighted by molar-refractivity contribution is 5.86. The molecular formula is C30H37N5O10. The number of hydrogen-bond acceptors (Lipinski definition) is 12. The van der Waals surface area contributed by atoms with Gasteiger partial charge in [-0.15, -0.1) is 5.10 Å². The predicted octanol–water partition coefficient (Wildman–Crippen LogP) is 1.96. The molecule has 1 aromatic carbocycles. The van der Waals surface area contributed by atoms with Crippen molar-refractivity contribution in [2.75, 3.05) is 20.3 Å². The van der Waals surface area contributed by atoms with Crippen LogP contribution < -0.4 is 0 Å². The average molecular weight is 628 g/mol. The van der Waals surface area contributed by atoms with Crippen LogP contribution in [-0.4, -0.2) is 99.4 Å². The van der Waals surface area contributed by atoms with Crippen molar-refractivity contribution in [1.82, 2.24) is 24.5 Å². The molecule has 0 aliphatic carbocycles. The van der Waals surface area contributed by atoms with Crippen LogP contribution in [0.3, 0.4) is 0 Å². The molecule has 2 aliphatic heterocycles. The molecule has 15 nitrogen and oxygen atoms in total. The molecule has 4 heterocycles. The summed E-state index contributed by atoms with van der Waals surface area (Å²) in [6.45, 7) is 7.16. The lowest BCUT2D eigenvalue weighted by molar-refractivity contribution is -0.300. The molecule has 242 valence electrons. The number of para-hydroxylation sites is 1. The van der Waals surface area contributed by atoms with Crippen LogP contribution in [-0.2, 0) is 68.9 Å². The number of ether oxygens (including phenoxy) is 6. The van der Waals surface area contributed by atoms with Crippen LogP contribution in [0.5, 0.6) is 0 Å². The van der Waals surface area contributed by atoms with E-state index in [0.717, 1.165) is 22.2 Å². The second-order valence-electron chi connectivity index (χ2n) is 10.8. The zero-order valence-electron chi connectivity index (χ0n) is 25.8. The van der Waals surface area contributed by atoms with E-state index in [4.69, 9.17) is 28.4 Å². The van der Waals surface area contributed by atoms with Crippen molar-refractivity contribution in [1.29, 1.82) is 0 Å². The molecule has 1 saturated heterocycles. The second kappa shape index (κ2) is 13.6. The van der Waals surface area contributed by atoms with Crippen molar-refractivity contribution in [2.45, 2.75) is 84.5 Å². The summed E-state index contributed by atoms with van der Waals surface area (Å²) < 4.78 is 36.9.